The SMILES string of the molecule is Cc1ccc(Oc2cccc(C(C[C@H]3CNC(=O)N3c3ccc(Cl)cc3)S(C)(=O)=O)c2)cn1. The third-order valence-corrected chi connectivity index (χ3v) is 7.28. The van der Waals surface area contributed by atoms with Crippen LogP contribution in [-0.2, 0) is 9.84 Å². The summed E-state index contributed by atoms with van der Waals surface area (Å²) in [6.45, 7) is 2.23. The van der Waals surface area contributed by atoms with Crippen molar-refractivity contribution in [1.82, 2.24) is 10.3 Å². The highest BCUT2D eigenvalue weighted by Crippen LogP contribution is 2.34. The third kappa shape index (κ3) is 5.46. The number of amides is 2. The van der Waals surface area contributed by atoms with Crippen LogP contribution in [0, 0.1) is 6.92 Å². The van der Waals surface area contributed by atoms with Crippen molar-refractivity contribution in [1.29, 1.82) is 0 Å². The minimum atomic E-state index is -3.49. The van der Waals surface area contributed by atoms with Crippen LogP contribution in [0.5, 0.6) is 11.5 Å². The van der Waals surface area contributed by atoms with E-state index in [1.54, 1.807) is 59.6 Å². The summed E-state index contributed by atoms with van der Waals surface area (Å²) in [6, 6.07) is 17.0. The summed E-state index contributed by atoms with van der Waals surface area (Å²) < 4.78 is 31.5. The molecule has 172 valence electrons. The van der Waals surface area contributed by atoms with Crippen LogP contribution in [-0.4, -0.2) is 38.3 Å². The van der Waals surface area contributed by atoms with E-state index in [2.05, 4.69) is 10.3 Å². The van der Waals surface area contributed by atoms with Crippen LogP contribution >= 0.6 is 11.6 Å². The molecule has 0 saturated carbocycles. The van der Waals surface area contributed by atoms with Crippen molar-refractivity contribution in [3.05, 3.63) is 83.1 Å². The van der Waals surface area contributed by atoms with Gasteiger partial charge in [-0.2, -0.15) is 0 Å². The zero-order valence-corrected chi connectivity index (χ0v) is 19.8. The maximum Gasteiger partial charge on any atom is 0.322 e. The normalized spacial score (nSPS) is 17.0. The lowest BCUT2D eigenvalue weighted by molar-refractivity contribution is 0.251. The molecule has 1 N–H and O–H groups in total. The summed E-state index contributed by atoms with van der Waals surface area (Å²) in [7, 11) is -3.49. The summed E-state index contributed by atoms with van der Waals surface area (Å²) in [6.07, 6.45) is 3.07. The van der Waals surface area contributed by atoms with Crippen LogP contribution in [0.3, 0.4) is 0 Å². The van der Waals surface area contributed by atoms with Gasteiger partial charge in [0.2, 0.25) is 0 Å². The first-order valence-electron chi connectivity index (χ1n) is 10.4. The summed E-state index contributed by atoms with van der Waals surface area (Å²) >= 11 is 5.98. The highest BCUT2D eigenvalue weighted by molar-refractivity contribution is 7.90. The molecule has 1 saturated heterocycles. The van der Waals surface area contributed by atoms with Gasteiger partial charge >= 0.3 is 6.03 Å². The minimum absolute atomic E-state index is 0.232. The van der Waals surface area contributed by atoms with E-state index >= 15 is 0 Å². The van der Waals surface area contributed by atoms with Gasteiger partial charge < -0.3 is 10.1 Å². The second-order valence-corrected chi connectivity index (χ2v) is 10.7. The Morgan fingerprint density at radius 2 is 1.91 bits per heavy atom. The van der Waals surface area contributed by atoms with Crippen molar-refractivity contribution in [2.75, 3.05) is 17.7 Å². The number of carbonyl (C=O) groups is 1. The molecule has 1 unspecified atom stereocenters. The van der Waals surface area contributed by atoms with Crippen LogP contribution in [0.15, 0.2) is 66.9 Å². The average molecular weight is 486 g/mol. The van der Waals surface area contributed by atoms with Crippen LogP contribution in [0.2, 0.25) is 5.02 Å². The number of pyridine rings is 1. The highest BCUT2D eigenvalue weighted by Gasteiger charge is 2.36. The molecule has 1 aliphatic heterocycles. The molecular formula is C24H24ClN3O4S. The first kappa shape index (κ1) is 23.1. The average Bonchev–Trinajstić information content (AvgIpc) is 3.14. The quantitative estimate of drug-likeness (QED) is 0.513. The molecule has 4 rings (SSSR count). The highest BCUT2D eigenvalue weighted by atomic mass is 35.5. The standard InChI is InChI=1S/C24H24ClN3O4S/c1-16-6-11-22(15-26-16)32-21-5-3-4-17(12-21)23(33(2,30)31)13-20-14-27-24(29)28(20)19-9-7-18(25)8-10-19/h3-12,15,20,23H,13-14H2,1-2H3,(H,27,29)/t20-,23?/m0/s1. The van der Waals surface area contributed by atoms with Crippen LogP contribution in [0.25, 0.3) is 0 Å². The first-order valence-corrected chi connectivity index (χ1v) is 12.8. The number of hydrogen-bond donors (Lipinski definition) is 1. The molecule has 2 heterocycles. The Morgan fingerprint density at radius 3 is 2.58 bits per heavy atom. The third-order valence-electron chi connectivity index (χ3n) is 5.53. The van der Waals surface area contributed by atoms with Crippen molar-refractivity contribution in [2.45, 2.75) is 24.6 Å². The summed E-state index contributed by atoms with van der Waals surface area (Å²) in [4.78, 5) is 18.3. The van der Waals surface area contributed by atoms with Crippen molar-refractivity contribution < 1.29 is 17.9 Å². The Kier molecular flexibility index (Phi) is 6.58. The smallest absolute Gasteiger partial charge is 0.322 e. The molecule has 0 aliphatic carbocycles. The zero-order valence-electron chi connectivity index (χ0n) is 18.2. The zero-order chi connectivity index (χ0) is 23.6. The summed E-state index contributed by atoms with van der Waals surface area (Å²) in [5.41, 5.74) is 2.14. The number of aryl methyl sites for hydroxylation is 1. The fraction of sp³-hybridized carbons (Fsp3) is 0.250. The number of sulfone groups is 1. The lowest BCUT2D eigenvalue weighted by Gasteiger charge is -2.27. The number of carbonyl (C=O) groups excluding carboxylic acids is 1. The molecule has 0 radical (unpaired) electrons. The topological polar surface area (TPSA) is 88.6 Å². The molecule has 7 nitrogen and oxygen atoms in total. The predicted molar refractivity (Wildman–Crippen MR) is 129 cm³/mol. The molecule has 33 heavy (non-hydrogen) atoms. The van der Waals surface area contributed by atoms with Crippen molar-refractivity contribution in [3.63, 3.8) is 0 Å². The number of aromatic nitrogens is 1. The minimum Gasteiger partial charge on any atom is -0.456 e. The lowest BCUT2D eigenvalue weighted by atomic mass is 10.0. The molecule has 1 fully saturated rings. The van der Waals surface area contributed by atoms with E-state index in [0.29, 0.717) is 34.3 Å². The Hall–Kier alpha value is -3.10. The Morgan fingerprint density at radius 1 is 1.15 bits per heavy atom. The van der Waals surface area contributed by atoms with E-state index in [9.17, 15) is 13.2 Å². The van der Waals surface area contributed by atoms with Gasteiger partial charge in [0.15, 0.2) is 9.84 Å². The number of halogens is 1. The van der Waals surface area contributed by atoms with E-state index in [1.807, 2.05) is 19.1 Å². The van der Waals surface area contributed by atoms with Gasteiger partial charge in [-0.3, -0.25) is 9.88 Å². The second-order valence-electron chi connectivity index (χ2n) is 8.05. The number of benzene rings is 2. The Bertz CT molecular complexity index is 1250. The van der Waals surface area contributed by atoms with Crippen molar-refractivity contribution in [2.24, 2.45) is 0 Å². The number of urea groups is 1. The van der Waals surface area contributed by atoms with Crippen LogP contribution in [0.4, 0.5) is 10.5 Å². The number of rotatable bonds is 7. The molecule has 1 aliphatic rings. The number of ether oxygens (including phenoxy) is 1. The van der Waals surface area contributed by atoms with Gasteiger partial charge in [0, 0.05) is 29.2 Å². The summed E-state index contributed by atoms with van der Waals surface area (Å²) in [5, 5.41) is 2.56. The van der Waals surface area contributed by atoms with E-state index in [-0.39, 0.29) is 18.5 Å². The van der Waals surface area contributed by atoms with Gasteiger partial charge in [-0.1, -0.05) is 23.7 Å². The van der Waals surface area contributed by atoms with E-state index in [4.69, 9.17) is 16.3 Å². The van der Waals surface area contributed by atoms with Gasteiger partial charge in [0.05, 0.1) is 17.5 Å². The maximum absolute atomic E-state index is 12.8. The molecule has 2 aromatic carbocycles. The van der Waals surface area contributed by atoms with Gasteiger partial charge in [-0.25, -0.2) is 13.2 Å². The molecule has 0 bridgehead atoms. The number of anilines is 1. The molecular weight excluding hydrogens is 462 g/mol. The molecule has 0 spiro atoms. The maximum atomic E-state index is 12.8. The molecule has 9 heteroatoms. The fourth-order valence-corrected chi connectivity index (χ4v) is 5.24. The number of hydrogen-bond acceptors (Lipinski definition) is 5. The largest absolute Gasteiger partial charge is 0.456 e. The van der Waals surface area contributed by atoms with Gasteiger partial charge in [0.1, 0.15) is 11.5 Å². The predicted octanol–water partition coefficient (Wildman–Crippen LogP) is 4.91. The van der Waals surface area contributed by atoms with Crippen molar-refractivity contribution >= 4 is 33.2 Å². The van der Waals surface area contributed by atoms with Crippen molar-refractivity contribution in [3.8, 4) is 11.5 Å². The lowest BCUT2D eigenvalue weighted by Crippen LogP contribution is -2.36. The second kappa shape index (κ2) is 9.41. The number of nitrogens with one attached hydrogen (secondary N) is 1. The molecule has 2 atom stereocenters. The van der Waals surface area contributed by atoms with Gasteiger partial charge in [-0.05, 0) is 67.4 Å². The molecule has 1 aromatic heterocycles. The fourth-order valence-electron chi connectivity index (χ4n) is 3.90. The summed E-state index contributed by atoms with van der Waals surface area (Å²) in [5.74, 6) is 1.08. The monoisotopic (exact) mass is 485 g/mol. The Balaban J connectivity index is 1.60. The molecule has 2 amide bonds. The van der Waals surface area contributed by atoms with E-state index in [0.717, 1.165) is 5.69 Å². The van der Waals surface area contributed by atoms with Crippen LogP contribution < -0.4 is 15.0 Å². The van der Waals surface area contributed by atoms with Crippen LogP contribution in [0.1, 0.15) is 22.9 Å². The van der Waals surface area contributed by atoms with E-state index in [1.165, 1.54) is 6.26 Å². The number of nitrogens with zero attached hydrogens (tertiary/aromatic N) is 2. The Labute approximate surface area is 198 Å². The van der Waals surface area contributed by atoms with Gasteiger partial charge in [0.25, 0.3) is 0 Å². The van der Waals surface area contributed by atoms with Gasteiger partial charge in [-0.15, -0.1) is 0 Å². The van der Waals surface area contributed by atoms with E-state index < -0.39 is 15.1 Å². The first-order chi connectivity index (χ1) is 15.7. The molecule has 3 aromatic rings.